The summed E-state index contributed by atoms with van der Waals surface area (Å²) in [4.78, 5) is 0. The number of rotatable bonds is 8. The van der Waals surface area contributed by atoms with Gasteiger partial charge in [0.25, 0.3) is 10.2 Å². The maximum Gasteiger partial charge on any atom is 0.402 e. The fourth-order valence-corrected chi connectivity index (χ4v) is 2.16. The van der Waals surface area contributed by atoms with Gasteiger partial charge in [0.1, 0.15) is 6.54 Å². The van der Waals surface area contributed by atoms with Crippen LogP contribution in [0.15, 0.2) is 0 Å². The number of ether oxygens (including phenoxy) is 1. The molecule has 0 aromatic carbocycles. The van der Waals surface area contributed by atoms with E-state index in [4.69, 9.17) is 5.26 Å². The highest BCUT2D eigenvalue weighted by Gasteiger charge is 2.31. The summed E-state index contributed by atoms with van der Waals surface area (Å²) in [6.07, 6.45) is -4.74. The summed E-state index contributed by atoms with van der Waals surface area (Å²) >= 11 is 0. The smallest absolute Gasteiger partial charge is 0.383 e. The minimum atomic E-state index is -4.63. The largest absolute Gasteiger partial charge is 0.402 e. The highest BCUT2D eigenvalue weighted by molar-refractivity contribution is 7.87. The fourth-order valence-electron chi connectivity index (χ4n) is 0.984. The van der Waals surface area contributed by atoms with Gasteiger partial charge in [-0.3, -0.25) is 0 Å². The fraction of sp³-hybridized carbons (Fsp3) is 0.875. The highest BCUT2D eigenvalue weighted by atomic mass is 32.2. The third-order valence-electron chi connectivity index (χ3n) is 1.81. The second-order valence-corrected chi connectivity index (χ2v) is 5.00. The first-order valence-electron chi connectivity index (χ1n) is 4.90. The SMILES string of the molecule is COCCN(CCC#N)S(=O)(=O)NCC(F)(F)F. The van der Waals surface area contributed by atoms with Crippen molar-refractivity contribution in [2.24, 2.45) is 0 Å². The van der Waals surface area contributed by atoms with Crippen molar-refractivity contribution in [3.05, 3.63) is 0 Å². The van der Waals surface area contributed by atoms with Crippen molar-refractivity contribution in [1.82, 2.24) is 9.03 Å². The van der Waals surface area contributed by atoms with E-state index in [-0.39, 0.29) is 26.1 Å². The standard InChI is InChI=1S/C8H14F3N3O3S/c1-17-6-5-14(4-2-3-12)18(15,16)13-7-8(9,10)11/h13H,2,4-7H2,1H3. The molecule has 6 nitrogen and oxygen atoms in total. The number of hydrogen-bond donors (Lipinski definition) is 1. The number of nitrogens with one attached hydrogen (secondary N) is 1. The van der Waals surface area contributed by atoms with Crippen LogP contribution in [0.3, 0.4) is 0 Å². The lowest BCUT2D eigenvalue weighted by molar-refractivity contribution is -0.121. The summed E-state index contributed by atoms with van der Waals surface area (Å²) in [5.74, 6) is 0. The first-order valence-corrected chi connectivity index (χ1v) is 6.34. The quantitative estimate of drug-likeness (QED) is 0.694. The van der Waals surface area contributed by atoms with Crippen molar-refractivity contribution in [3.63, 3.8) is 0 Å². The Labute approximate surface area is 104 Å². The summed E-state index contributed by atoms with van der Waals surface area (Å²) in [7, 11) is -2.94. The van der Waals surface area contributed by atoms with Crippen LogP contribution in [0.1, 0.15) is 6.42 Å². The number of alkyl halides is 3. The average molecular weight is 289 g/mol. The Morgan fingerprint density at radius 1 is 1.39 bits per heavy atom. The predicted molar refractivity (Wildman–Crippen MR) is 56.7 cm³/mol. The maximum absolute atomic E-state index is 11.9. The van der Waals surface area contributed by atoms with E-state index in [0.29, 0.717) is 0 Å². The minimum absolute atomic E-state index is 0.0261. The van der Waals surface area contributed by atoms with Crippen LogP contribution in [0, 0.1) is 11.3 Å². The average Bonchev–Trinajstić information content (AvgIpc) is 2.25. The van der Waals surface area contributed by atoms with Crippen LogP contribution in [0.4, 0.5) is 13.2 Å². The summed E-state index contributed by atoms with van der Waals surface area (Å²) < 4.78 is 65.7. The molecule has 106 valence electrons. The number of methoxy groups -OCH3 is 1. The topological polar surface area (TPSA) is 82.4 Å². The van der Waals surface area contributed by atoms with Crippen LogP contribution in [0.25, 0.3) is 0 Å². The molecule has 0 atom stereocenters. The molecular formula is C8H14F3N3O3S. The van der Waals surface area contributed by atoms with E-state index in [1.807, 2.05) is 0 Å². The Morgan fingerprint density at radius 2 is 2.00 bits per heavy atom. The van der Waals surface area contributed by atoms with Crippen molar-refractivity contribution < 1.29 is 26.3 Å². The Hall–Kier alpha value is -0.890. The molecule has 0 unspecified atom stereocenters. The van der Waals surface area contributed by atoms with Gasteiger partial charge in [-0.15, -0.1) is 0 Å². The van der Waals surface area contributed by atoms with Crippen molar-refractivity contribution >= 4 is 10.2 Å². The zero-order chi connectivity index (χ0) is 14.2. The van der Waals surface area contributed by atoms with Gasteiger partial charge in [0.05, 0.1) is 12.7 Å². The molecule has 0 bridgehead atoms. The van der Waals surface area contributed by atoms with Gasteiger partial charge in [0.2, 0.25) is 0 Å². The van der Waals surface area contributed by atoms with Gasteiger partial charge >= 0.3 is 6.18 Å². The van der Waals surface area contributed by atoms with Crippen molar-refractivity contribution in [2.75, 3.05) is 33.4 Å². The van der Waals surface area contributed by atoms with Gasteiger partial charge in [-0.25, -0.2) is 0 Å². The maximum atomic E-state index is 11.9. The summed E-state index contributed by atoms with van der Waals surface area (Å²) in [6, 6.07) is 1.72. The molecule has 10 heteroatoms. The van der Waals surface area contributed by atoms with Gasteiger partial charge in [0, 0.05) is 26.6 Å². The van der Waals surface area contributed by atoms with E-state index in [2.05, 4.69) is 4.74 Å². The molecule has 0 aromatic heterocycles. The molecule has 0 aromatic rings. The zero-order valence-corrected chi connectivity index (χ0v) is 10.5. The summed E-state index contributed by atoms with van der Waals surface area (Å²) in [5, 5.41) is 8.36. The molecule has 0 rings (SSSR count). The third-order valence-corrected chi connectivity index (χ3v) is 3.37. The Balaban J connectivity index is 4.59. The van der Waals surface area contributed by atoms with E-state index < -0.39 is 22.9 Å². The molecular weight excluding hydrogens is 275 g/mol. The molecule has 0 amide bonds. The van der Waals surface area contributed by atoms with E-state index >= 15 is 0 Å². The number of nitrogens with zero attached hydrogens (tertiary/aromatic N) is 2. The van der Waals surface area contributed by atoms with E-state index in [1.165, 1.54) is 11.8 Å². The summed E-state index contributed by atoms with van der Waals surface area (Å²) in [6.45, 7) is -1.93. The van der Waals surface area contributed by atoms with Gasteiger partial charge < -0.3 is 4.74 Å². The molecule has 0 aliphatic carbocycles. The normalized spacial score (nSPS) is 12.7. The van der Waals surface area contributed by atoms with Crippen LogP contribution >= 0.6 is 0 Å². The van der Waals surface area contributed by atoms with Crippen LogP contribution in [0.5, 0.6) is 0 Å². The van der Waals surface area contributed by atoms with E-state index in [0.717, 1.165) is 4.31 Å². The number of hydrogen-bond acceptors (Lipinski definition) is 4. The van der Waals surface area contributed by atoms with Crippen LogP contribution in [-0.4, -0.2) is 52.3 Å². The lowest BCUT2D eigenvalue weighted by atomic mass is 10.4. The molecule has 1 N–H and O–H groups in total. The third kappa shape index (κ3) is 7.44. The molecule has 0 saturated heterocycles. The second kappa shape index (κ2) is 7.52. The van der Waals surface area contributed by atoms with Crippen molar-refractivity contribution in [3.8, 4) is 6.07 Å². The van der Waals surface area contributed by atoms with Crippen LogP contribution in [-0.2, 0) is 14.9 Å². The molecule has 0 fully saturated rings. The molecule has 0 aliphatic rings. The van der Waals surface area contributed by atoms with Gasteiger partial charge in [-0.2, -0.15) is 35.9 Å². The molecule has 0 radical (unpaired) electrons. The second-order valence-electron chi connectivity index (χ2n) is 3.24. The summed E-state index contributed by atoms with van der Waals surface area (Å²) in [5.41, 5.74) is 0. The lowest BCUT2D eigenvalue weighted by Gasteiger charge is -2.21. The van der Waals surface area contributed by atoms with Crippen LogP contribution in [0.2, 0.25) is 0 Å². The minimum Gasteiger partial charge on any atom is -0.383 e. The Kier molecular flexibility index (Phi) is 7.15. The number of halogens is 3. The Bertz CT molecular complexity index is 377. The first-order chi connectivity index (χ1) is 8.23. The molecule has 0 heterocycles. The molecule has 18 heavy (non-hydrogen) atoms. The monoisotopic (exact) mass is 289 g/mol. The van der Waals surface area contributed by atoms with Gasteiger partial charge in [-0.05, 0) is 0 Å². The van der Waals surface area contributed by atoms with Crippen molar-refractivity contribution in [2.45, 2.75) is 12.6 Å². The number of nitriles is 1. The van der Waals surface area contributed by atoms with E-state index in [9.17, 15) is 21.6 Å². The Morgan fingerprint density at radius 3 is 2.44 bits per heavy atom. The van der Waals surface area contributed by atoms with Crippen LogP contribution < -0.4 is 4.72 Å². The molecule has 0 saturated carbocycles. The lowest BCUT2D eigenvalue weighted by Crippen LogP contribution is -2.45. The zero-order valence-electron chi connectivity index (χ0n) is 9.70. The first kappa shape index (κ1) is 17.1. The van der Waals surface area contributed by atoms with E-state index in [1.54, 1.807) is 6.07 Å². The molecule has 0 spiro atoms. The predicted octanol–water partition coefficient (Wildman–Crippen LogP) is 0.245. The van der Waals surface area contributed by atoms with Gasteiger partial charge in [0.15, 0.2) is 0 Å². The van der Waals surface area contributed by atoms with Crippen molar-refractivity contribution in [1.29, 1.82) is 5.26 Å². The van der Waals surface area contributed by atoms with Gasteiger partial charge in [-0.1, -0.05) is 0 Å². The highest BCUT2D eigenvalue weighted by Crippen LogP contribution is 2.13. The molecule has 0 aliphatic heterocycles.